The first-order valence-electron chi connectivity index (χ1n) is 7.16. The zero-order valence-electron chi connectivity index (χ0n) is 12.9. The van der Waals surface area contributed by atoms with E-state index in [4.69, 9.17) is 14.2 Å². The molecule has 1 fully saturated rings. The molecule has 0 aromatic heterocycles. The lowest BCUT2D eigenvalue weighted by Gasteiger charge is -2.42. The number of carbonyl (C=O) groups is 1. The number of hydrogen-bond acceptors (Lipinski definition) is 7. The van der Waals surface area contributed by atoms with Crippen LogP contribution >= 0.6 is 0 Å². The monoisotopic (exact) mass is 327 g/mol. The van der Waals surface area contributed by atoms with Crippen molar-refractivity contribution in [3.05, 3.63) is 24.3 Å². The van der Waals surface area contributed by atoms with Gasteiger partial charge in [0.15, 0.2) is 0 Å². The third-order valence-electron chi connectivity index (χ3n) is 3.54. The van der Waals surface area contributed by atoms with Crippen molar-refractivity contribution in [2.45, 2.75) is 37.6 Å². The van der Waals surface area contributed by atoms with E-state index in [9.17, 15) is 20.1 Å². The minimum absolute atomic E-state index is 0.394. The molecule has 0 aliphatic carbocycles. The fraction of sp³-hybridized carbons (Fsp3) is 0.533. The van der Waals surface area contributed by atoms with E-state index in [-0.39, 0.29) is 0 Å². The highest BCUT2D eigenvalue weighted by Gasteiger charge is 2.46. The molecule has 0 saturated carbocycles. The average molecular weight is 327 g/mol. The molecule has 1 amide bonds. The van der Waals surface area contributed by atoms with Gasteiger partial charge in [-0.25, -0.2) is 0 Å². The maximum absolute atomic E-state index is 11.3. The van der Waals surface area contributed by atoms with Crippen LogP contribution in [0.15, 0.2) is 24.3 Å². The second-order valence-electron chi connectivity index (χ2n) is 5.23. The first kappa shape index (κ1) is 17.5. The predicted octanol–water partition coefficient (Wildman–Crippen LogP) is -0.982. The van der Waals surface area contributed by atoms with Crippen LogP contribution in [0.4, 0.5) is 0 Å². The molecule has 8 nitrogen and oxygen atoms in total. The summed E-state index contributed by atoms with van der Waals surface area (Å²) in [5.74, 6) is 0.546. The van der Waals surface area contributed by atoms with Crippen molar-refractivity contribution in [2.24, 2.45) is 0 Å². The SMILES string of the molecule is COc1cccc(O[C@H]2O[C@@H](CO)[C@@H](O)[C@H](O)[C@@H]2NC(C)=O)c1. The number of aliphatic hydroxyl groups excluding tert-OH is 3. The van der Waals surface area contributed by atoms with Gasteiger partial charge in [0, 0.05) is 13.0 Å². The molecule has 1 aromatic rings. The summed E-state index contributed by atoms with van der Waals surface area (Å²) < 4.78 is 16.2. The van der Waals surface area contributed by atoms with Crippen molar-refractivity contribution < 1.29 is 34.3 Å². The van der Waals surface area contributed by atoms with E-state index in [0.717, 1.165) is 0 Å². The summed E-state index contributed by atoms with van der Waals surface area (Å²) in [6.07, 6.45) is -4.80. The first-order chi connectivity index (χ1) is 11.0. The summed E-state index contributed by atoms with van der Waals surface area (Å²) in [6, 6.07) is 5.71. The Hall–Kier alpha value is -1.87. The molecule has 2 rings (SSSR count). The number of hydrogen-bond donors (Lipinski definition) is 4. The maximum atomic E-state index is 11.3. The largest absolute Gasteiger partial charge is 0.497 e. The van der Waals surface area contributed by atoms with Crippen LogP contribution in [0, 0.1) is 0 Å². The van der Waals surface area contributed by atoms with Gasteiger partial charge in [0.25, 0.3) is 0 Å². The van der Waals surface area contributed by atoms with Gasteiger partial charge in [0.05, 0.1) is 13.7 Å². The summed E-state index contributed by atoms with van der Waals surface area (Å²) in [7, 11) is 1.51. The first-order valence-corrected chi connectivity index (χ1v) is 7.16. The molecule has 128 valence electrons. The lowest BCUT2D eigenvalue weighted by atomic mass is 9.97. The minimum atomic E-state index is -1.35. The second-order valence-corrected chi connectivity index (χ2v) is 5.23. The number of benzene rings is 1. The third kappa shape index (κ3) is 4.11. The lowest BCUT2D eigenvalue weighted by molar-refractivity contribution is -0.244. The molecule has 5 atom stereocenters. The van der Waals surface area contributed by atoms with Crippen molar-refractivity contribution in [1.29, 1.82) is 0 Å². The van der Waals surface area contributed by atoms with E-state index < -0.39 is 43.2 Å². The average Bonchev–Trinajstić information content (AvgIpc) is 2.54. The highest BCUT2D eigenvalue weighted by Crippen LogP contribution is 2.26. The molecule has 1 aliphatic rings. The fourth-order valence-corrected chi connectivity index (χ4v) is 2.38. The summed E-state index contributed by atoms with van der Waals surface area (Å²) in [4.78, 5) is 11.3. The van der Waals surface area contributed by atoms with E-state index in [1.807, 2.05) is 0 Å². The molecule has 1 aromatic carbocycles. The molecule has 1 heterocycles. The highest BCUT2D eigenvalue weighted by atomic mass is 16.7. The van der Waals surface area contributed by atoms with E-state index >= 15 is 0 Å². The second kappa shape index (κ2) is 7.60. The number of carbonyl (C=O) groups excluding carboxylic acids is 1. The summed E-state index contributed by atoms with van der Waals surface area (Å²) in [5, 5.41) is 31.8. The number of ether oxygens (including phenoxy) is 3. The minimum Gasteiger partial charge on any atom is -0.497 e. The quantitative estimate of drug-likeness (QED) is 0.549. The molecular weight excluding hydrogens is 306 g/mol. The smallest absolute Gasteiger partial charge is 0.223 e. The van der Waals surface area contributed by atoms with Crippen LogP contribution in [0.25, 0.3) is 0 Å². The van der Waals surface area contributed by atoms with Crippen LogP contribution in [-0.2, 0) is 9.53 Å². The Labute approximate surface area is 133 Å². The van der Waals surface area contributed by atoms with E-state index in [1.54, 1.807) is 24.3 Å². The summed E-state index contributed by atoms with van der Waals surface area (Å²) in [5.41, 5.74) is 0. The Bertz CT molecular complexity index is 538. The molecule has 0 spiro atoms. The zero-order valence-corrected chi connectivity index (χ0v) is 12.9. The number of methoxy groups -OCH3 is 1. The van der Waals surface area contributed by atoms with Gasteiger partial charge in [-0.1, -0.05) is 6.07 Å². The Morgan fingerprint density at radius 2 is 2.00 bits per heavy atom. The van der Waals surface area contributed by atoms with Gasteiger partial charge in [-0.2, -0.15) is 0 Å². The predicted molar refractivity (Wildman–Crippen MR) is 79.0 cm³/mol. The van der Waals surface area contributed by atoms with Crippen molar-refractivity contribution in [3.8, 4) is 11.5 Å². The number of rotatable bonds is 5. The van der Waals surface area contributed by atoms with Crippen molar-refractivity contribution in [2.75, 3.05) is 13.7 Å². The molecular formula is C15H21NO7. The Morgan fingerprint density at radius 3 is 2.61 bits per heavy atom. The molecule has 1 saturated heterocycles. The normalized spacial score (nSPS) is 30.6. The van der Waals surface area contributed by atoms with E-state index in [0.29, 0.717) is 11.5 Å². The lowest BCUT2D eigenvalue weighted by Crippen LogP contribution is -2.65. The summed E-state index contributed by atoms with van der Waals surface area (Å²) in [6.45, 7) is 0.781. The zero-order chi connectivity index (χ0) is 17.0. The Morgan fingerprint density at radius 1 is 1.30 bits per heavy atom. The van der Waals surface area contributed by atoms with Crippen LogP contribution in [0.3, 0.4) is 0 Å². The summed E-state index contributed by atoms with van der Waals surface area (Å²) >= 11 is 0. The number of aliphatic hydroxyl groups is 3. The van der Waals surface area contributed by atoms with Gasteiger partial charge < -0.3 is 34.8 Å². The van der Waals surface area contributed by atoms with Gasteiger partial charge in [-0.05, 0) is 12.1 Å². The van der Waals surface area contributed by atoms with Gasteiger partial charge >= 0.3 is 0 Å². The van der Waals surface area contributed by atoms with Crippen molar-refractivity contribution in [1.82, 2.24) is 5.32 Å². The van der Waals surface area contributed by atoms with Gasteiger partial charge in [0.2, 0.25) is 12.2 Å². The number of nitrogens with one attached hydrogen (secondary N) is 1. The molecule has 0 radical (unpaired) electrons. The Kier molecular flexibility index (Phi) is 5.78. The van der Waals surface area contributed by atoms with Crippen LogP contribution in [0.2, 0.25) is 0 Å². The molecule has 1 aliphatic heterocycles. The number of amides is 1. The van der Waals surface area contributed by atoms with Gasteiger partial charge in [-0.15, -0.1) is 0 Å². The van der Waals surface area contributed by atoms with Crippen molar-refractivity contribution in [3.63, 3.8) is 0 Å². The van der Waals surface area contributed by atoms with E-state index in [2.05, 4.69) is 5.32 Å². The van der Waals surface area contributed by atoms with Crippen LogP contribution in [-0.4, -0.2) is 65.6 Å². The maximum Gasteiger partial charge on any atom is 0.223 e. The fourth-order valence-electron chi connectivity index (χ4n) is 2.38. The van der Waals surface area contributed by atoms with E-state index in [1.165, 1.54) is 14.0 Å². The molecule has 23 heavy (non-hydrogen) atoms. The molecule has 0 unspecified atom stereocenters. The van der Waals surface area contributed by atoms with Crippen LogP contribution in [0.5, 0.6) is 11.5 Å². The molecule has 8 heteroatoms. The van der Waals surface area contributed by atoms with Crippen LogP contribution < -0.4 is 14.8 Å². The third-order valence-corrected chi connectivity index (χ3v) is 3.54. The molecule has 0 bridgehead atoms. The topological polar surface area (TPSA) is 117 Å². The van der Waals surface area contributed by atoms with Crippen LogP contribution in [0.1, 0.15) is 6.92 Å². The van der Waals surface area contributed by atoms with Gasteiger partial charge in [0.1, 0.15) is 35.9 Å². The Balaban J connectivity index is 2.21. The molecule has 4 N–H and O–H groups in total. The highest BCUT2D eigenvalue weighted by molar-refractivity contribution is 5.73. The standard InChI is InChI=1S/C15H21NO7/c1-8(18)16-12-14(20)13(19)11(7-17)23-15(12)22-10-5-3-4-9(6-10)21-2/h3-6,11-15,17,19-20H,7H2,1-2H3,(H,16,18)/t11-,12-,13+,14+,15-/m0/s1. The van der Waals surface area contributed by atoms with Gasteiger partial charge in [-0.3, -0.25) is 4.79 Å². The van der Waals surface area contributed by atoms with Crippen molar-refractivity contribution >= 4 is 5.91 Å².